The van der Waals surface area contributed by atoms with Gasteiger partial charge in [0.15, 0.2) is 0 Å². The maximum atomic E-state index is 10.7. The van der Waals surface area contributed by atoms with E-state index in [0.29, 0.717) is 5.69 Å². The van der Waals surface area contributed by atoms with Crippen molar-refractivity contribution in [3.8, 4) is 0 Å². The van der Waals surface area contributed by atoms with Crippen LogP contribution in [-0.2, 0) is 14.9 Å². The number of hydrogen-bond acceptors (Lipinski definition) is 3. The van der Waals surface area contributed by atoms with Gasteiger partial charge in [-0.25, -0.2) is 0 Å². The summed E-state index contributed by atoms with van der Waals surface area (Å²) in [6, 6.07) is 5.36. The molecular weight excluding hydrogens is 206 g/mol. The Hall–Kier alpha value is -1.40. The number of benzene rings is 1. The standard InChI is InChI=1S/C8H8NO4S/c1-9(6-10)7-3-2-4-8(5-7)14(11,12)13/h2-5H,1H3,(H,11,12,13). The van der Waals surface area contributed by atoms with Gasteiger partial charge in [-0.2, -0.15) is 8.42 Å². The third-order valence-electron chi connectivity index (χ3n) is 1.64. The first kappa shape index (κ1) is 10.7. The predicted octanol–water partition coefficient (Wildman–Crippen LogP) is 0.437. The van der Waals surface area contributed by atoms with E-state index in [4.69, 9.17) is 4.55 Å². The van der Waals surface area contributed by atoms with E-state index in [-0.39, 0.29) is 4.90 Å². The molecule has 0 aromatic heterocycles. The summed E-state index contributed by atoms with van der Waals surface area (Å²) < 4.78 is 30.2. The maximum absolute atomic E-state index is 10.7. The van der Waals surface area contributed by atoms with Gasteiger partial charge < -0.3 is 4.90 Å². The highest BCUT2D eigenvalue weighted by Crippen LogP contribution is 2.16. The Morgan fingerprint density at radius 3 is 2.57 bits per heavy atom. The van der Waals surface area contributed by atoms with Gasteiger partial charge in [-0.1, -0.05) is 6.07 Å². The van der Waals surface area contributed by atoms with Crippen LogP contribution in [-0.4, -0.2) is 26.4 Å². The van der Waals surface area contributed by atoms with Crippen LogP contribution in [0.1, 0.15) is 0 Å². The van der Waals surface area contributed by atoms with Crippen LogP contribution in [0.15, 0.2) is 29.2 Å². The summed E-state index contributed by atoms with van der Waals surface area (Å²) in [5.74, 6) is 0. The fraction of sp³-hybridized carbons (Fsp3) is 0.125. The molecule has 0 saturated heterocycles. The third-order valence-corrected chi connectivity index (χ3v) is 2.49. The number of hydrogen-bond donors (Lipinski definition) is 1. The lowest BCUT2D eigenvalue weighted by Crippen LogP contribution is -2.14. The van der Waals surface area contributed by atoms with E-state index in [1.165, 1.54) is 31.3 Å². The van der Waals surface area contributed by atoms with Gasteiger partial charge in [0.2, 0.25) is 0 Å². The first-order chi connectivity index (χ1) is 6.45. The molecule has 0 aliphatic heterocycles. The summed E-state index contributed by atoms with van der Waals surface area (Å²) in [6.45, 7) is 0. The van der Waals surface area contributed by atoms with Crippen molar-refractivity contribution in [2.24, 2.45) is 0 Å². The molecule has 14 heavy (non-hydrogen) atoms. The summed E-state index contributed by atoms with van der Waals surface area (Å²) in [6.07, 6.45) is 1.57. The number of anilines is 1. The van der Waals surface area contributed by atoms with Crippen molar-refractivity contribution in [3.05, 3.63) is 24.3 Å². The van der Waals surface area contributed by atoms with Crippen LogP contribution in [0.5, 0.6) is 0 Å². The molecule has 1 N–H and O–H groups in total. The van der Waals surface area contributed by atoms with Crippen molar-refractivity contribution < 1.29 is 17.8 Å². The minimum absolute atomic E-state index is 0.253. The van der Waals surface area contributed by atoms with Gasteiger partial charge in [-0.3, -0.25) is 9.35 Å². The average molecular weight is 214 g/mol. The monoisotopic (exact) mass is 214 g/mol. The third kappa shape index (κ3) is 2.30. The summed E-state index contributed by atoms with van der Waals surface area (Å²) in [5, 5.41) is 0. The van der Waals surface area contributed by atoms with Gasteiger partial charge in [-0.05, 0) is 18.2 Å². The summed E-state index contributed by atoms with van der Waals surface area (Å²) in [4.78, 5) is 11.1. The van der Waals surface area contributed by atoms with Gasteiger partial charge in [0.05, 0.1) is 4.90 Å². The normalized spacial score (nSPS) is 11.0. The van der Waals surface area contributed by atoms with Gasteiger partial charge in [0.1, 0.15) is 0 Å². The minimum atomic E-state index is -4.22. The van der Waals surface area contributed by atoms with Gasteiger partial charge in [0, 0.05) is 12.7 Å². The van der Waals surface area contributed by atoms with Crippen molar-refractivity contribution >= 4 is 22.2 Å². The Morgan fingerprint density at radius 2 is 2.07 bits per heavy atom. The maximum Gasteiger partial charge on any atom is 0.316 e. The first-order valence-electron chi connectivity index (χ1n) is 3.64. The van der Waals surface area contributed by atoms with Gasteiger partial charge >= 0.3 is 6.41 Å². The van der Waals surface area contributed by atoms with Crippen LogP contribution in [0.4, 0.5) is 5.69 Å². The fourth-order valence-corrected chi connectivity index (χ4v) is 1.43. The molecule has 1 aromatic carbocycles. The summed E-state index contributed by atoms with van der Waals surface area (Å²) in [5.41, 5.74) is 0.343. The van der Waals surface area contributed by atoms with Crippen molar-refractivity contribution in [2.75, 3.05) is 11.9 Å². The lowest BCUT2D eigenvalue weighted by Gasteiger charge is -2.09. The molecule has 5 nitrogen and oxygen atoms in total. The number of carbonyl (C=O) groups excluding carboxylic acids is 1. The molecule has 0 atom stereocenters. The average Bonchev–Trinajstić information content (AvgIpc) is 2.15. The largest absolute Gasteiger partial charge is 0.316 e. The zero-order valence-corrected chi connectivity index (χ0v) is 8.15. The lowest BCUT2D eigenvalue weighted by atomic mass is 10.3. The minimum Gasteiger partial charge on any atom is -0.307 e. The first-order valence-corrected chi connectivity index (χ1v) is 5.08. The molecule has 0 saturated carbocycles. The van der Waals surface area contributed by atoms with Crippen molar-refractivity contribution in [1.29, 1.82) is 0 Å². The number of rotatable bonds is 3. The van der Waals surface area contributed by atoms with Crippen molar-refractivity contribution in [3.63, 3.8) is 0 Å². The van der Waals surface area contributed by atoms with E-state index in [1.807, 2.05) is 0 Å². The van der Waals surface area contributed by atoms with Crippen LogP contribution in [0.25, 0.3) is 0 Å². The quantitative estimate of drug-likeness (QED) is 0.585. The Balaban J connectivity index is 3.20. The van der Waals surface area contributed by atoms with E-state index >= 15 is 0 Å². The summed E-state index contributed by atoms with van der Waals surface area (Å²) in [7, 11) is -2.80. The molecule has 0 unspecified atom stereocenters. The van der Waals surface area contributed by atoms with Crippen LogP contribution in [0, 0.1) is 0 Å². The number of nitrogens with zero attached hydrogens (tertiary/aromatic N) is 1. The van der Waals surface area contributed by atoms with Crippen molar-refractivity contribution in [2.45, 2.75) is 4.90 Å². The molecule has 0 heterocycles. The second-order valence-electron chi connectivity index (χ2n) is 2.62. The van der Waals surface area contributed by atoms with E-state index < -0.39 is 10.1 Å². The lowest BCUT2D eigenvalue weighted by molar-refractivity contribution is 0.483. The molecule has 6 heteroatoms. The number of amides is 1. The van der Waals surface area contributed by atoms with Crippen molar-refractivity contribution in [1.82, 2.24) is 0 Å². The zero-order chi connectivity index (χ0) is 10.8. The molecule has 1 amide bonds. The van der Waals surface area contributed by atoms with Gasteiger partial charge in [0.25, 0.3) is 10.1 Å². The highest BCUT2D eigenvalue weighted by atomic mass is 32.2. The highest BCUT2D eigenvalue weighted by molar-refractivity contribution is 7.85. The topological polar surface area (TPSA) is 74.7 Å². The van der Waals surface area contributed by atoms with Crippen LogP contribution < -0.4 is 4.90 Å². The van der Waals surface area contributed by atoms with E-state index in [2.05, 4.69) is 0 Å². The Labute approximate surface area is 81.7 Å². The molecule has 0 bridgehead atoms. The second kappa shape index (κ2) is 3.77. The molecule has 0 fully saturated rings. The fourth-order valence-electron chi connectivity index (χ4n) is 0.905. The Kier molecular flexibility index (Phi) is 2.87. The van der Waals surface area contributed by atoms with Crippen LogP contribution in [0.2, 0.25) is 0 Å². The van der Waals surface area contributed by atoms with Crippen LogP contribution >= 0.6 is 0 Å². The van der Waals surface area contributed by atoms with E-state index in [0.717, 1.165) is 4.90 Å². The smallest absolute Gasteiger partial charge is 0.307 e. The molecule has 75 valence electrons. The molecular formula is C8H8NO4S. The highest BCUT2D eigenvalue weighted by Gasteiger charge is 2.10. The zero-order valence-electron chi connectivity index (χ0n) is 7.34. The Morgan fingerprint density at radius 1 is 1.43 bits per heavy atom. The SMILES string of the molecule is CN([C]=O)c1cccc(S(=O)(=O)O)c1. The molecule has 1 radical (unpaired) electrons. The van der Waals surface area contributed by atoms with Crippen LogP contribution in [0.3, 0.4) is 0 Å². The molecule has 0 aliphatic rings. The molecule has 1 rings (SSSR count). The molecule has 0 spiro atoms. The Bertz CT molecular complexity index is 440. The van der Waals surface area contributed by atoms with Gasteiger partial charge in [-0.15, -0.1) is 0 Å². The summed E-state index contributed by atoms with van der Waals surface area (Å²) >= 11 is 0. The van der Waals surface area contributed by atoms with E-state index in [9.17, 15) is 13.2 Å². The molecule has 1 aromatic rings. The second-order valence-corrected chi connectivity index (χ2v) is 4.04. The predicted molar refractivity (Wildman–Crippen MR) is 50.4 cm³/mol. The molecule has 0 aliphatic carbocycles. The van der Waals surface area contributed by atoms with E-state index in [1.54, 1.807) is 6.41 Å².